The molecule has 0 heterocycles. The first-order valence-electron chi connectivity index (χ1n) is 7.40. The predicted molar refractivity (Wildman–Crippen MR) is 92.4 cm³/mol. The standard InChI is InChI=1S/C20H24O2/c1-6-15(2)14-16(3)17(4)20-11-9-7-8-10-19(20)12-13-22-18(5)21/h6-7,9-11,14H,1,12-13H2,2-5H3/b15-14+,17-16-. The molecule has 0 saturated carbocycles. The van der Waals surface area contributed by atoms with Gasteiger partial charge < -0.3 is 4.74 Å². The summed E-state index contributed by atoms with van der Waals surface area (Å²) in [6.45, 7) is 11.8. The Balaban J connectivity index is 3.15. The van der Waals surface area contributed by atoms with Gasteiger partial charge in [-0.05, 0) is 55.2 Å². The van der Waals surface area contributed by atoms with Gasteiger partial charge in [0, 0.05) is 13.3 Å². The number of carbonyl (C=O) groups excluding carboxylic acids is 1. The number of hydrogen-bond donors (Lipinski definition) is 0. The van der Waals surface area contributed by atoms with E-state index in [1.807, 2.05) is 31.2 Å². The van der Waals surface area contributed by atoms with Crippen LogP contribution in [-0.4, -0.2) is 12.6 Å². The summed E-state index contributed by atoms with van der Waals surface area (Å²) in [7, 11) is 0. The van der Waals surface area contributed by atoms with Crippen LogP contribution in [0.15, 0.2) is 76.6 Å². The van der Waals surface area contributed by atoms with Gasteiger partial charge in [0.1, 0.15) is 0 Å². The third kappa shape index (κ3) is 5.59. The fourth-order valence-corrected chi connectivity index (χ4v) is 2.13. The molecule has 1 aliphatic rings. The molecule has 0 aliphatic heterocycles. The third-order valence-electron chi connectivity index (χ3n) is 3.50. The lowest BCUT2D eigenvalue weighted by molar-refractivity contribution is -0.140. The number of carbonyl (C=O) groups is 1. The third-order valence-corrected chi connectivity index (χ3v) is 3.50. The van der Waals surface area contributed by atoms with Crippen molar-refractivity contribution in [3.05, 3.63) is 76.6 Å². The van der Waals surface area contributed by atoms with Gasteiger partial charge in [0.05, 0.1) is 6.61 Å². The van der Waals surface area contributed by atoms with Gasteiger partial charge in [0.25, 0.3) is 0 Å². The van der Waals surface area contributed by atoms with E-state index >= 15 is 0 Å². The van der Waals surface area contributed by atoms with Crippen LogP contribution in [0.1, 0.15) is 34.1 Å². The largest absolute Gasteiger partial charge is 0.466 e. The van der Waals surface area contributed by atoms with E-state index in [-0.39, 0.29) is 5.97 Å². The van der Waals surface area contributed by atoms with Crippen molar-refractivity contribution in [1.29, 1.82) is 0 Å². The van der Waals surface area contributed by atoms with Crippen molar-refractivity contribution in [2.45, 2.75) is 34.1 Å². The van der Waals surface area contributed by atoms with Crippen LogP contribution in [0.5, 0.6) is 0 Å². The van der Waals surface area contributed by atoms with Crippen LogP contribution in [0.3, 0.4) is 0 Å². The second-order valence-electron chi connectivity index (χ2n) is 5.27. The highest BCUT2D eigenvalue weighted by molar-refractivity contribution is 5.65. The van der Waals surface area contributed by atoms with Crippen LogP contribution >= 0.6 is 0 Å². The summed E-state index contributed by atoms with van der Waals surface area (Å²) in [4.78, 5) is 10.9. The summed E-state index contributed by atoms with van der Waals surface area (Å²) >= 11 is 0. The SMILES string of the molecule is C=C/C(C)=C/C(C)=C(/C)C1=C(CCOC(C)=O)C=C=CC=C1. The topological polar surface area (TPSA) is 26.3 Å². The molecular formula is C20H24O2. The molecule has 0 fully saturated rings. The first kappa shape index (κ1) is 17.7. The Bertz CT molecular complexity index is 631. The molecule has 2 heteroatoms. The number of rotatable bonds is 6. The highest BCUT2D eigenvalue weighted by atomic mass is 16.5. The van der Waals surface area contributed by atoms with Crippen LogP contribution in [0, 0.1) is 0 Å². The fourth-order valence-electron chi connectivity index (χ4n) is 2.13. The highest BCUT2D eigenvalue weighted by Crippen LogP contribution is 2.25. The second kappa shape index (κ2) is 8.86. The van der Waals surface area contributed by atoms with E-state index in [0.29, 0.717) is 13.0 Å². The predicted octanol–water partition coefficient (Wildman–Crippen LogP) is 4.99. The van der Waals surface area contributed by atoms with Gasteiger partial charge in [-0.3, -0.25) is 4.79 Å². The average molecular weight is 296 g/mol. The van der Waals surface area contributed by atoms with Crippen molar-refractivity contribution in [2.24, 2.45) is 0 Å². The maximum Gasteiger partial charge on any atom is 0.302 e. The van der Waals surface area contributed by atoms with Crippen molar-refractivity contribution in [3.8, 4) is 0 Å². The zero-order chi connectivity index (χ0) is 16.5. The average Bonchev–Trinajstić information content (AvgIpc) is 2.71. The van der Waals surface area contributed by atoms with E-state index < -0.39 is 0 Å². The van der Waals surface area contributed by atoms with Crippen molar-refractivity contribution < 1.29 is 9.53 Å². The summed E-state index contributed by atoms with van der Waals surface area (Å²) < 4.78 is 5.06. The van der Waals surface area contributed by atoms with Gasteiger partial charge in [-0.2, -0.15) is 0 Å². The van der Waals surface area contributed by atoms with E-state index in [1.54, 1.807) is 0 Å². The molecule has 1 aliphatic carbocycles. The Kier molecular flexibility index (Phi) is 7.15. The second-order valence-corrected chi connectivity index (χ2v) is 5.27. The first-order valence-corrected chi connectivity index (χ1v) is 7.40. The monoisotopic (exact) mass is 296 g/mol. The number of esters is 1. The van der Waals surface area contributed by atoms with Gasteiger partial charge in [0.2, 0.25) is 0 Å². The van der Waals surface area contributed by atoms with Crippen LogP contribution in [-0.2, 0) is 9.53 Å². The Labute approximate surface area is 133 Å². The minimum atomic E-state index is -0.251. The van der Waals surface area contributed by atoms with Gasteiger partial charge in [0.15, 0.2) is 0 Å². The molecular weight excluding hydrogens is 272 g/mol. The van der Waals surface area contributed by atoms with Crippen molar-refractivity contribution >= 4 is 5.97 Å². The highest BCUT2D eigenvalue weighted by Gasteiger charge is 2.08. The molecule has 0 aromatic rings. The molecule has 1 rings (SSSR count). The lowest BCUT2D eigenvalue weighted by Gasteiger charge is -2.12. The summed E-state index contributed by atoms with van der Waals surface area (Å²) in [6, 6.07) is 0. The van der Waals surface area contributed by atoms with E-state index in [9.17, 15) is 4.79 Å². The summed E-state index contributed by atoms with van der Waals surface area (Å²) in [5, 5.41) is 0. The van der Waals surface area contributed by atoms with Crippen molar-refractivity contribution in [3.63, 3.8) is 0 Å². The molecule has 0 bridgehead atoms. The van der Waals surface area contributed by atoms with Crippen molar-refractivity contribution in [2.75, 3.05) is 6.61 Å². The number of allylic oxidation sites excluding steroid dienone is 9. The maximum atomic E-state index is 10.9. The lowest BCUT2D eigenvalue weighted by atomic mass is 9.94. The molecule has 0 N–H and O–H groups in total. The van der Waals surface area contributed by atoms with E-state index in [2.05, 4.69) is 38.3 Å². The normalized spacial score (nSPS) is 15.5. The Morgan fingerprint density at radius 3 is 2.68 bits per heavy atom. The molecule has 0 amide bonds. The zero-order valence-electron chi connectivity index (χ0n) is 13.9. The van der Waals surface area contributed by atoms with E-state index in [4.69, 9.17) is 4.74 Å². The van der Waals surface area contributed by atoms with E-state index in [1.165, 1.54) is 18.1 Å². The maximum absolute atomic E-state index is 10.9. The lowest BCUT2D eigenvalue weighted by Crippen LogP contribution is -2.02. The van der Waals surface area contributed by atoms with Crippen LogP contribution in [0.2, 0.25) is 0 Å². The van der Waals surface area contributed by atoms with Gasteiger partial charge in [-0.15, -0.1) is 5.73 Å². The first-order chi connectivity index (χ1) is 10.5. The van der Waals surface area contributed by atoms with Gasteiger partial charge >= 0.3 is 5.97 Å². The molecule has 0 aromatic carbocycles. The Morgan fingerprint density at radius 2 is 2.05 bits per heavy atom. The fraction of sp³-hybridized carbons (Fsp3) is 0.300. The molecule has 0 spiro atoms. The van der Waals surface area contributed by atoms with Crippen LogP contribution in [0.25, 0.3) is 0 Å². The molecule has 0 unspecified atom stereocenters. The zero-order valence-corrected chi connectivity index (χ0v) is 13.9. The molecule has 0 radical (unpaired) electrons. The minimum absolute atomic E-state index is 0.251. The molecule has 2 nitrogen and oxygen atoms in total. The summed E-state index contributed by atoms with van der Waals surface area (Å²) in [5.41, 5.74) is 8.91. The Hall–Kier alpha value is -2.31. The smallest absolute Gasteiger partial charge is 0.302 e. The van der Waals surface area contributed by atoms with E-state index in [0.717, 1.165) is 16.7 Å². The van der Waals surface area contributed by atoms with Crippen molar-refractivity contribution in [1.82, 2.24) is 0 Å². The van der Waals surface area contributed by atoms with Gasteiger partial charge in [-0.1, -0.05) is 36.5 Å². The molecule has 116 valence electrons. The molecule has 22 heavy (non-hydrogen) atoms. The summed E-state index contributed by atoms with van der Waals surface area (Å²) in [5.74, 6) is -0.251. The summed E-state index contributed by atoms with van der Waals surface area (Å²) in [6.07, 6.45) is 12.5. The van der Waals surface area contributed by atoms with Gasteiger partial charge in [-0.25, -0.2) is 0 Å². The minimum Gasteiger partial charge on any atom is -0.466 e. The van der Waals surface area contributed by atoms with Crippen LogP contribution < -0.4 is 0 Å². The molecule has 0 saturated heterocycles. The molecule has 0 aromatic heterocycles. The number of hydrogen-bond acceptors (Lipinski definition) is 2. The van der Waals surface area contributed by atoms with Crippen LogP contribution in [0.4, 0.5) is 0 Å². The number of ether oxygens (including phenoxy) is 1. The Morgan fingerprint density at radius 1 is 1.32 bits per heavy atom. The quantitative estimate of drug-likeness (QED) is 0.392. The molecule has 0 atom stereocenters.